The van der Waals surface area contributed by atoms with Gasteiger partial charge in [0.25, 0.3) is 5.91 Å². The topological polar surface area (TPSA) is 106 Å². The number of aliphatic imine (C=N–C) groups is 1. The van der Waals surface area contributed by atoms with E-state index in [1.165, 1.54) is 6.07 Å². The van der Waals surface area contributed by atoms with Crippen LogP contribution in [0.1, 0.15) is 24.3 Å². The van der Waals surface area contributed by atoms with Crippen molar-refractivity contribution in [3.63, 3.8) is 0 Å². The number of benzene rings is 2. The number of esters is 1. The fourth-order valence-corrected chi connectivity index (χ4v) is 3.13. The Kier molecular flexibility index (Phi) is 5.61. The van der Waals surface area contributed by atoms with Gasteiger partial charge in [0.15, 0.2) is 11.5 Å². The minimum atomic E-state index is -0.593. The Hall–Kier alpha value is -4.20. The average Bonchev–Trinajstić information content (AvgIpc) is 3.21. The first-order valence-electron chi connectivity index (χ1n) is 9.73. The van der Waals surface area contributed by atoms with Gasteiger partial charge in [-0.25, -0.2) is 9.79 Å². The highest BCUT2D eigenvalue weighted by Crippen LogP contribution is 2.30. The van der Waals surface area contributed by atoms with Crippen LogP contribution in [0.2, 0.25) is 0 Å². The lowest BCUT2D eigenvalue weighted by atomic mass is 10.1. The van der Waals surface area contributed by atoms with E-state index in [2.05, 4.69) is 20.8 Å². The minimum Gasteiger partial charge on any atom is -0.462 e. The molecule has 0 saturated carbocycles. The maximum absolute atomic E-state index is 12.9. The third-order valence-corrected chi connectivity index (χ3v) is 4.58. The third-order valence-electron chi connectivity index (χ3n) is 4.58. The van der Waals surface area contributed by atoms with Crippen molar-refractivity contribution in [1.29, 1.82) is 0 Å². The normalized spacial score (nSPS) is 12.9. The number of fused-ring (bicyclic) bond motifs is 1. The molecule has 1 aromatic heterocycles. The Balaban J connectivity index is 1.68. The molecule has 0 spiro atoms. The number of hydrogen-bond acceptors (Lipinski definition) is 7. The van der Waals surface area contributed by atoms with Crippen LogP contribution in [0.25, 0.3) is 11.3 Å². The molecule has 1 amide bonds. The Bertz CT molecular complexity index is 1200. The number of carbonyl (C=O) groups excluding carboxylic acids is 2. The van der Waals surface area contributed by atoms with Gasteiger partial charge < -0.3 is 19.9 Å². The fourth-order valence-electron chi connectivity index (χ4n) is 3.13. The molecule has 1 aliphatic rings. The second-order valence-electron chi connectivity index (χ2n) is 6.72. The van der Waals surface area contributed by atoms with Crippen LogP contribution in [0, 0.1) is 0 Å². The van der Waals surface area contributed by atoms with Crippen molar-refractivity contribution in [3.8, 4) is 11.3 Å². The molecule has 156 valence electrons. The Morgan fingerprint density at radius 3 is 2.61 bits per heavy atom. The first-order chi connectivity index (χ1) is 15.1. The quantitative estimate of drug-likeness (QED) is 0.621. The highest BCUT2D eigenvalue weighted by molar-refractivity contribution is 6.25. The summed E-state index contributed by atoms with van der Waals surface area (Å²) >= 11 is 0. The Morgan fingerprint density at radius 1 is 1.10 bits per heavy atom. The van der Waals surface area contributed by atoms with E-state index in [4.69, 9.17) is 9.26 Å². The van der Waals surface area contributed by atoms with Crippen LogP contribution < -0.4 is 10.6 Å². The van der Waals surface area contributed by atoms with Crippen molar-refractivity contribution in [1.82, 2.24) is 10.5 Å². The number of hydrogen-bond donors (Lipinski definition) is 2. The van der Waals surface area contributed by atoms with E-state index in [0.29, 0.717) is 22.8 Å². The molecule has 3 aromatic rings. The predicted octanol–water partition coefficient (Wildman–Crippen LogP) is 4.06. The molecule has 0 aliphatic carbocycles. The summed E-state index contributed by atoms with van der Waals surface area (Å²) in [4.78, 5) is 30.1. The van der Waals surface area contributed by atoms with Gasteiger partial charge in [0.2, 0.25) is 0 Å². The number of amidine groups is 1. The van der Waals surface area contributed by atoms with E-state index in [-0.39, 0.29) is 23.7 Å². The number of nitrogens with one attached hydrogen (secondary N) is 2. The molecule has 0 atom stereocenters. The van der Waals surface area contributed by atoms with E-state index in [1.54, 1.807) is 19.9 Å². The molecule has 31 heavy (non-hydrogen) atoms. The van der Waals surface area contributed by atoms with Crippen LogP contribution >= 0.6 is 0 Å². The molecule has 8 nitrogen and oxygen atoms in total. The van der Waals surface area contributed by atoms with Gasteiger partial charge >= 0.3 is 5.97 Å². The number of allylic oxidation sites excluding steroid dienone is 1. The summed E-state index contributed by atoms with van der Waals surface area (Å²) < 4.78 is 10.5. The van der Waals surface area contributed by atoms with Crippen LogP contribution in [0.5, 0.6) is 0 Å². The number of anilines is 1. The molecule has 0 fully saturated rings. The number of para-hydroxylation sites is 2. The van der Waals surface area contributed by atoms with Crippen molar-refractivity contribution in [2.45, 2.75) is 13.8 Å². The Morgan fingerprint density at radius 2 is 1.84 bits per heavy atom. The van der Waals surface area contributed by atoms with Crippen molar-refractivity contribution in [2.24, 2.45) is 4.99 Å². The van der Waals surface area contributed by atoms with E-state index in [0.717, 1.165) is 5.56 Å². The predicted molar refractivity (Wildman–Crippen MR) is 116 cm³/mol. The van der Waals surface area contributed by atoms with Crippen molar-refractivity contribution in [2.75, 3.05) is 11.9 Å². The van der Waals surface area contributed by atoms with Crippen LogP contribution in [0.4, 0.5) is 11.4 Å². The smallest absolute Gasteiger partial charge is 0.343 e. The first-order valence-corrected chi connectivity index (χ1v) is 9.73. The Labute approximate surface area is 178 Å². The summed E-state index contributed by atoms with van der Waals surface area (Å²) in [5, 5.41) is 9.71. The van der Waals surface area contributed by atoms with Gasteiger partial charge in [0.1, 0.15) is 11.4 Å². The molecule has 2 N–H and O–H groups in total. The highest BCUT2D eigenvalue weighted by atomic mass is 16.5. The number of ether oxygens (including phenoxy) is 1. The number of carbonyl (C=O) groups is 2. The molecule has 1 aliphatic heterocycles. The van der Waals surface area contributed by atoms with E-state index in [1.807, 2.05) is 48.5 Å². The van der Waals surface area contributed by atoms with Gasteiger partial charge in [0, 0.05) is 17.3 Å². The summed E-state index contributed by atoms with van der Waals surface area (Å²) in [6.45, 7) is 3.62. The summed E-state index contributed by atoms with van der Waals surface area (Å²) in [6.07, 6.45) is 0. The van der Waals surface area contributed by atoms with E-state index < -0.39 is 11.9 Å². The number of amides is 1. The van der Waals surface area contributed by atoms with Gasteiger partial charge in [-0.15, -0.1) is 0 Å². The van der Waals surface area contributed by atoms with Crippen molar-refractivity contribution < 1.29 is 18.8 Å². The first kappa shape index (κ1) is 20.1. The van der Waals surface area contributed by atoms with Crippen LogP contribution in [0.3, 0.4) is 0 Å². The molecular weight excluding hydrogens is 396 g/mol. The van der Waals surface area contributed by atoms with Gasteiger partial charge in [-0.05, 0) is 26.0 Å². The third kappa shape index (κ3) is 4.23. The second kappa shape index (κ2) is 8.66. The van der Waals surface area contributed by atoms with Crippen LogP contribution in [-0.2, 0) is 9.53 Å². The molecule has 0 saturated heterocycles. The van der Waals surface area contributed by atoms with Crippen molar-refractivity contribution >= 4 is 29.1 Å². The molecule has 8 heteroatoms. The maximum atomic E-state index is 12.9. The average molecular weight is 416 g/mol. The lowest BCUT2D eigenvalue weighted by Gasteiger charge is -2.12. The molecule has 2 heterocycles. The molecule has 2 aromatic carbocycles. The number of nitrogens with zero attached hydrogens (tertiary/aromatic N) is 2. The van der Waals surface area contributed by atoms with E-state index >= 15 is 0 Å². The molecule has 0 radical (unpaired) electrons. The lowest BCUT2D eigenvalue weighted by molar-refractivity contribution is -0.137. The summed E-state index contributed by atoms with van der Waals surface area (Å²) in [5.41, 5.74) is 2.78. The highest BCUT2D eigenvalue weighted by Gasteiger charge is 2.27. The van der Waals surface area contributed by atoms with Crippen LogP contribution in [0.15, 0.2) is 81.4 Å². The molecule has 0 unspecified atom stereocenters. The molecule has 4 rings (SSSR count). The molecule has 0 bridgehead atoms. The van der Waals surface area contributed by atoms with Gasteiger partial charge in [-0.1, -0.05) is 47.6 Å². The zero-order chi connectivity index (χ0) is 21.8. The van der Waals surface area contributed by atoms with Gasteiger partial charge in [-0.2, -0.15) is 0 Å². The summed E-state index contributed by atoms with van der Waals surface area (Å²) in [5.74, 6) is -0.622. The maximum Gasteiger partial charge on any atom is 0.343 e. The summed E-state index contributed by atoms with van der Waals surface area (Å²) in [6, 6.07) is 18.1. The van der Waals surface area contributed by atoms with Crippen molar-refractivity contribution in [3.05, 3.63) is 77.6 Å². The monoisotopic (exact) mass is 416 g/mol. The minimum absolute atomic E-state index is 0.0629. The second-order valence-corrected chi connectivity index (χ2v) is 6.72. The van der Waals surface area contributed by atoms with Gasteiger partial charge in [0.05, 0.1) is 18.0 Å². The lowest BCUT2D eigenvalue weighted by Crippen LogP contribution is -2.35. The standard InChI is InChI=1S/C23H20N4O4/c1-3-30-23(29)20-14(2)24-16-11-7-8-12-17(16)25-21(20)26-22(28)18-13-19(31-27-18)15-9-5-4-6-10-15/h4-13,24H,3H2,1-2H3,(H,25,26,28). The van der Waals surface area contributed by atoms with Gasteiger partial charge in [-0.3, -0.25) is 4.79 Å². The SMILES string of the molecule is CCOC(=O)C1=C(C)Nc2ccccc2N=C1NC(=O)c1cc(-c2ccccc2)on1. The summed E-state index contributed by atoms with van der Waals surface area (Å²) in [7, 11) is 0. The van der Waals surface area contributed by atoms with Crippen LogP contribution in [-0.4, -0.2) is 29.5 Å². The zero-order valence-corrected chi connectivity index (χ0v) is 17.0. The number of aromatic nitrogens is 1. The zero-order valence-electron chi connectivity index (χ0n) is 17.0. The fraction of sp³-hybridized carbons (Fsp3) is 0.130. The number of rotatable bonds is 4. The van der Waals surface area contributed by atoms with E-state index in [9.17, 15) is 9.59 Å². The molecular formula is C23H20N4O4. The largest absolute Gasteiger partial charge is 0.462 e.